The molecule has 1 nitrogen and oxygen atoms in total. The molecule has 112 valence electrons. The maximum absolute atomic E-state index is 12.7. The van der Waals surface area contributed by atoms with Gasteiger partial charge in [0.2, 0.25) is 0 Å². The number of benzene rings is 3. The van der Waals surface area contributed by atoms with Gasteiger partial charge >= 0.3 is 6.18 Å². The monoisotopic (exact) mass is 302 g/mol. The van der Waals surface area contributed by atoms with Gasteiger partial charge in [-0.05, 0) is 34.5 Å². The molecule has 0 bridgehead atoms. The Morgan fingerprint density at radius 3 is 2.14 bits per heavy atom. The number of hydrogen-bond donors (Lipinski definition) is 0. The van der Waals surface area contributed by atoms with E-state index in [1.54, 1.807) is 7.11 Å². The second-order valence-electron chi connectivity index (χ2n) is 4.94. The highest BCUT2D eigenvalue weighted by Gasteiger charge is 2.30. The van der Waals surface area contributed by atoms with Crippen molar-refractivity contribution in [2.75, 3.05) is 7.11 Å². The molecule has 0 N–H and O–H groups in total. The molecular formula is C18H13F3O. The first-order valence-corrected chi connectivity index (χ1v) is 6.74. The molecule has 0 spiro atoms. The number of rotatable bonds is 2. The first-order valence-electron chi connectivity index (χ1n) is 6.74. The third-order valence-electron chi connectivity index (χ3n) is 3.61. The summed E-state index contributed by atoms with van der Waals surface area (Å²) in [5.74, 6) is 0.637. The fourth-order valence-electron chi connectivity index (χ4n) is 2.55. The molecule has 22 heavy (non-hydrogen) atoms. The van der Waals surface area contributed by atoms with E-state index in [4.69, 9.17) is 4.74 Å². The van der Waals surface area contributed by atoms with E-state index in [1.165, 1.54) is 12.1 Å². The largest absolute Gasteiger partial charge is 0.496 e. The van der Waals surface area contributed by atoms with Crippen molar-refractivity contribution in [3.05, 3.63) is 66.2 Å². The Bertz CT molecular complexity index is 805. The van der Waals surface area contributed by atoms with Crippen molar-refractivity contribution in [2.45, 2.75) is 6.18 Å². The summed E-state index contributed by atoms with van der Waals surface area (Å²) in [6.07, 6.45) is -4.33. The van der Waals surface area contributed by atoms with Gasteiger partial charge < -0.3 is 4.74 Å². The minimum absolute atomic E-state index is 0.637. The van der Waals surface area contributed by atoms with Crippen molar-refractivity contribution in [1.82, 2.24) is 0 Å². The van der Waals surface area contributed by atoms with Crippen LogP contribution in [-0.2, 0) is 6.18 Å². The van der Waals surface area contributed by atoms with Gasteiger partial charge in [-0.1, -0.05) is 42.5 Å². The highest BCUT2D eigenvalue weighted by atomic mass is 19.4. The first-order chi connectivity index (χ1) is 10.5. The fourth-order valence-corrected chi connectivity index (χ4v) is 2.55. The first kappa shape index (κ1) is 14.4. The Hall–Kier alpha value is -2.49. The molecule has 3 aromatic carbocycles. The van der Waals surface area contributed by atoms with Crippen molar-refractivity contribution >= 4 is 10.8 Å². The Labute approximate surface area is 126 Å². The van der Waals surface area contributed by atoms with Crippen molar-refractivity contribution in [3.63, 3.8) is 0 Å². The molecule has 0 unspecified atom stereocenters. The number of ether oxygens (including phenoxy) is 1. The van der Waals surface area contributed by atoms with E-state index < -0.39 is 11.7 Å². The SMILES string of the molecule is COc1ccc2ccccc2c1-c1ccc(C(F)(F)F)cc1. The van der Waals surface area contributed by atoms with Crippen LogP contribution in [0.5, 0.6) is 5.75 Å². The van der Waals surface area contributed by atoms with Crippen LogP contribution in [0.3, 0.4) is 0 Å². The van der Waals surface area contributed by atoms with E-state index in [0.717, 1.165) is 28.5 Å². The van der Waals surface area contributed by atoms with Crippen molar-refractivity contribution < 1.29 is 17.9 Å². The van der Waals surface area contributed by atoms with Gasteiger partial charge in [-0.25, -0.2) is 0 Å². The summed E-state index contributed by atoms with van der Waals surface area (Å²) in [5.41, 5.74) is 0.839. The molecule has 0 fully saturated rings. The molecule has 0 aromatic heterocycles. The number of halogens is 3. The number of methoxy groups -OCH3 is 1. The molecular weight excluding hydrogens is 289 g/mol. The lowest BCUT2D eigenvalue weighted by Crippen LogP contribution is -2.04. The van der Waals surface area contributed by atoms with Crippen LogP contribution in [0.15, 0.2) is 60.7 Å². The van der Waals surface area contributed by atoms with Gasteiger partial charge in [0.05, 0.1) is 12.7 Å². The molecule has 0 amide bonds. The van der Waals surface area contributed by atoms with Crippen LogP contribution in [0.4, 0.5) is 13.2 Å². The number of hydrogen-bond acceptors (Lipinski definition) is 1. The molecule has 4 heteroatoms. The van der Waals surface area contributed by atoms with Crippen LogP contribution in [-0.4, -0.2) is 7.11 Å². The minimum Gasteiger partial charge on any atom is -0.496 e. The third kappa shape index (κ3) is 2.52. The van der Waals surface area contributed by atoms with E-state index in [0.29, 0.717) is 11.3 Å². The van der Waals surface area contributed by atoms with Crippen LogP contribution in [0.1, 0.15) is 5.56 Å². The van der Waals surface area contributed by atoms with Crippen molar-refractivity contribution in [1.29, 1.82) is 0 Å². The smallest absolute Gasteiger partial charge is 0.416 e. The second kappa shape index (κ2) is 5.37. The molecule has 0 aliphatic rings. The average Bonchev–Trinajstić information content (AvgIpc) is 2.53. The van der Waals surface area contributed by atoms with Gasteiger partial charge in [-0.15, -0.1) is 0 Å². The minimum atomic E-state index is -4.33. The topological polar surface area (TPSA) is 9.23 Å². The average molecular weight is 302 g/mol. The van der Waals surface area contributed by atoms with E-state index in [9.17, 15) is 13.2 Å². The van der Waals surface area contributed by atoms with E-state index in [1.807, 2.05) is 36.4 Å². The molecule has 0 radical (unpaired) electrons. The summed E-state index contributed by atoms with van der Waals surface area (Å²) >= 11 is 0. The van der Waals surface area contributed by atoms with Gasteiger partial charge in [0.1, 0.15) is 5.75 Å². The molecule has 0 heterocycles. The number of fused-ring (bicyclic) bond motifs is 1. The standard InChI is InChI=1S/C18H13F3O/c1-22-16-11-8-12-4-2-3-5-15(12)17(16)13-6-9-14(10-7-13)18(19,20)21/h2-11H,1H3. The summed E-state index contributed by atoms with van der Waals surface area (Å²) in [5, 5.41) is 1.96. The summed E-state index contributed by atoms with van der Waals surface area (Å²) < 4.78 is 43.5. The molecule has 3 aromatic rings. The van der Waals surface area contributed by atoms with Gasteiger partial charge in [0, 0.05) is 5.56 Å². The summed E-state index contributed by atoms with van der Waals surface area (Å²) in [7, 11) is 1.55. The van der Waals surface area contributed by atoms with Crippen molar-refractivity contribution in [2.24, 2.45) is 0 Å². The van der Waals surface area contributed by atoms with Gasteiger partial charge in [-0.3, -0.25) is 0 Å². The van der Waals surface area contributed by atoms with E-state index in [-0.39, 0.29) is 0 Å². The lowest BCUT2D eigenvalue weighted by atomic mass is 9.96. The molecule has 3 rings (SSSR count). The van der Waals surface area contributed by atoms with Gasteiger partial charge in [0.15, 0.2) is 0 Å². The van der Waals surface area contributed by atoms with Crippen LogP contribution >= 0.6 is 0 Å². The summed E-state index contributed by atoms with van der Waals surface area (Å²) in [4.78, 5) is 0. The highest BCUT2D eigenvalue weighted by molar-refractivity contribution is 5.99. The van der Waals surface area contributed by atoms with Crippen LogP contribution in [0.2, 0.25) is 0 Å². The van der Waals surface area contributed by atoms with Gasteiger partial charge in [-0.2, -0.15) is 13.2 Å². The molecule has 0 aliphatic heterocycles. The molecule has 0 saturated carbocycles. The zero-order valence-electron chi connectivity index (χ0n) is 11.8. The molecule has 0 saturated heterocycles. The Kier molecular flexibility index (Phi) is 3.53. The van der Waals surface area contributed by atoms with Crippen LogP contribution in [0.25, 0.3) is 21.9 Å². The summed E-state index contributed by atoms with van der Waals surface area (Å²) in [6, 6.07) is 16.6. The van der Waals surface area contributed by atoms with Gasteiger partial charge in [0.25, 0.3) is 0 Å². The van der Waals surface area contributed by atoms with Crippen molar-refractivity contribution in [3.8, 4) is 16.9 Å². The van der Waals surface area contributed by atoms with Crippen LogP contribution < -0.4 is 4.74 Å². The Morgan fingerprint density at radius 2 is 1.50 bits per heavy atom. The lowest BCUT2D eigenvalue weighted by molar-refractivity contribution is -0.137. The van der Waals surface area contributed by atoms with E-state index in [2.05, 4.69) is 0 Å². The highest BCUT2D eigenvalue weighted by Crippen LogP contribution is 2.38. The Balaban J connectivity index is 2.20. The maximum atomic E-state index is 12.7. The van der Waals surface area contributed by atoms with E-state index >= 15 is 0 Å². The number of alkyl halides is 3. The normalized spacial score (nSPS) is 11.6. The lowest BCUT2D eigenvalue weighted by Gasteiger charge is -2.13. The molecule has 0 aliphatic carbocycles. The molecule has 0 atom stereocenters. The quantitative estimate of drug-likeness (QED) is 0.604. The zero-order valence-corrected chi connectivity index (χ0v) is 11.8. The predicted molar refractivity (Wildman–Crippen MR) is 80.9 cm³/mol. The zero-order chi connectivity index (χ0) is 15.7. The predicted octanol–water partition coefficient (Wildman–Crippen LogP) is 5.53. The Morgan fingerprint density at radius 1 is 0.818 bits per heavy atom. The fraction of sp³-hybridized carbons (Fsp3) is 0.111. The van der Waals surface area contributed by atoms with Crippen LogP contribution in [0, 0.1) is 0 Å². The maximum Gasteiger partial charge on any atom is 0.416 e. The summed E-state index contributed by atoms with van der Waals surface area (Å²) in [6.45, 7) is 0. The second-order valence-corrected chi connectivity index (χ2v) is 4.94. The third-order valence-corrected chi connectivity index (χ3v) is 3.61.